The molecule has 1 aliphatic rings. The van der Waals surface area contributed by atoms with E-state index >= 15 is 0 Å². The molecule has 0 saturated carbocycles. The number of amides is 1. The molecule has 1 aliphatic heterocycles. The number of carbonyl (C=O) groups excluding carboxylic acids is 1. The molecule has 1 saturated heterocycles. The molecule has 4 heteroatoms. The zero-order valence-electron chi connectivity index (χ0n) is 11.7. The predicted molar refractivity (Wildman–Crippen MR) is 76.2 cm³/mol. The molecule has 1 N–H and O–H groups in total. The third-order valence-electron chi connectivity index (χ3n) is 3.73. The number of aliphatic hydroxyl groups is 1. The van der Waals surface area contributed by atoms with Gasteiger partial charge in [-0.2, -0.15) is 0 Å². The lowest BCUT2D eigenvalue weighted by Crippen LogP contribution is -2.33. The highest BCUT2D eigenvalue weighted by Crippen LogP contribution is 2.22. The van der Waals surface area contributed by atoms with E-state index in [0.717, 1.165) is 38.2 Å². The van der Waals surface area contributed by atoms with Crippen LogP contribution in [-0.2, 0) is 11.4 Å². The quantitative estimate of drug-likeness (QED) is 0.879. The predicted octanol–water partition coefficient (Wildman–Crippen LogP) is 1.55. The van der Waals surface area contributed by atoms with Crippen molar-refractivity contribution in [3.8, 4) is 0 Å². The molecule has 19 heavy (non-hydrogen) atoms. The summed E-state index contributed by atoms with van der Waals surface area (Å²) in [5, 5.41) is 9.15. The first-order chi connectivity index (χ1) is 9.11. The summed E-state index contributed by atoms with van der Waals surface area (Å²) in [4.78, 5) is 15.7. The second kappa shape index (κ2) is 6.06. The number of anilines is 1. The average Bonchev–Trinajstić information content (AvgIpc) is 2.64. The van der Waals surface area contributed by atoms with Gasteiger partial charge in [-0.15, -0.1) is 0 Å². The first-order valence-corrected chi connectivity index (χ1v) is 6.82. The van der Waals surface area contributed by atoms with Gasteiger partial charge in [0.15, 0.2) is 0 Å². The molecule has 1 aromatic rings. The van der Waals surface area contributed by atoms with Crippen molar-refractivity contribution >= 4 is 11.6 Å². The van der Waals surface area contributed by atoms with Gasteiger partial charge >= 0.3 is 0 Å². The molecule has 1 heterocycles. The van der Waals surface area contributed by atoms with E-state index in [1.165, 1.54) is 11.3 Å². The molecule has 0 atom stereocenters. The molecule has 0 unspecified atom stereocenters. The number of aliphatic hydroxyl groups excluding tert-OH is 1. The molecular weight excluding hydrogens is 240 g/mol. The van der Waals surface area contributed by atoms with Gasteiger partial charge in [0, 0.05) is 38.8 Å². The number of nitrogens with zero attached hydrogens (tertiary/aromatic N) is 2. The lowest BCUT2D eigenvalue weighted by molar-refractivity contribution is -0.128. The van der Waals surface area contributed by atoms with Crippen molar-refractivity contribution in [1.29, 1.82) is 0 Å². The summed E-state index contributed by atoms with van der Waals surface area (Å²) in [7, 11) is 0. The Labute approximate surface area is 114 Å². The molecule has 0 aliphatic carbocycles. The lowest BCUT2D eigenvalue weighted by Gasteiger charge is -2.25. The number of carbonyl (C=O) groups is 1. The molecule has 104 valence electrons. The zero-order valence-corrected chi connectivity index (χ0v) is 11.7. The van der Waals surface area contributed by atoms with Crippen molar-refractivity contribution in [2.75, 3.05) is 31.1 Å². The normalized spacial score (nSPS) is 16.4. The summed E-state index contributed by atoms with van der Waals surface area (Å²) in [6, 6.07) is 6.07. The maximum Gasteiger partial charge on any atom is 0.219 e. The van der Waals surface area contributed by atoms with E-state index in [4.69, 9.17) is 5.11 Å². The Kier molecular flexibility index (Phi) is 4.43. The van der Waals surface area contributed by atoms with Gasteiger partial charge in [-0.05, 0) is 30.5 Å². The second-order valence-corrected chi connectivity index (χ2v) is 5.13. The van der Waals surface area contributed by atoms with Crippen molar-refractivity contribution in [3.63, 3.8) is 0 Å². The maximum atomic E-state index is 11.4. The number of benzene rings is 1. The van der Waals surface area contributed by atoms with E-state index in [-0.39, 0.29) is 12.5 Å². The third-order valence-corrected chi connectivity index (χ3v) is 3.73. The number of hydrogen-bond donors (Lipinski definition) is 1. The molecule has 0 aromatic heterocycles. The van der Waals surface area contributed by atoms with Gasteiger partial charge in [0.05, 0.1) is 6.61 Å². The van der Waals surface area contributed by atoms with E-state index in [9.17, 15) is 4.79 Å². The fourth-order valence-electron chi connectivity index (χ4n) is 2.64. The van der Waals surface area contributed by atoms with E-state index in [1.54, 1.807) is 6.92 Å². The van der Waals surface area contributed by atoms with Gasteiger partial charge in [0.25, 0.3) is 0 Å². The van der Waals surface area contributed by atoms with Crippen molar-refractivity contribution in [2.45, 2.75) is 26.9 Å². The topological polar surface area (TPSA) is 43.8 Å². The summed E-state index contributed by atoms with van der Waals surface area (Å²) < 4.78 is 0. The van der Waals surface area contributed by atoms with Gasteiger partial charge in [-0.3, -0.25) is 4.79 Å². The van der Waals surface area contributed by atoms with Crippen LogP contribution in [0.1, 0.15) is 24.5 Å². The molecule has 2 rings (SSSR count). The summed E-state index contributed by atoms with van der Waals surface area (Å²) in [5.74, 6) is 0.161. The van der Waals surface area contributed by atoms with Crippen LogP contribution in [0.15, 0.2) is 18.2 Å². The Morgan fingerprint density at radius 3 is 2.68 bits per heavy atom. The lowest BCUT2D eigenvalue weighted by atomic mass is 10.1. The van der Waals surface area contributed by atoms with E-state index < -0.39 is 0 Å². The highest BCUT2D eigenvalue weighted by atomic mass is 16.3. The highest BCUT2D eigenvalue weighted by molar-refractivity contribution is 5.73. The van der Waals surface area contributed by atoms with Crippen LogP contribution in [-0.4, -0.2) is 42.1 Å². The number of aryl methyl sites for hydroxylation is 1. The third kappa shape index (κ3) is 3.26. The van der Waals surface area contributed by atoms with Crippen LogP contribution in [0.5, 0.6) is 0 Å². The molecule has 1 fully saturated rings. The average molecular weight is 262 g/mol. The zero-order chi connectivity index (χ0) is 13.8. The van der Waals surface area contributed by atoms with Crippen LogP contribution < -0.4 is 4.90 Å². The molecule has 0 bridgehead atoms. The molecule has 1 amide bonds. The maximum absolute atomic E-state index is 11.4. The number of rotatable bonds is 2. The summed E-state index contributed by atoms with van der Waals surface area (Å²) in [5.41, 5.74) is 3.34. The Balaban J connectivity index is 2.12. The smallest absolute Gasteiger partial charge is 0.219 e. The summed E-state index contributed by atoms with van der Waals surface area (Å²) >= 11 is 0. The molecular formula is C15H22N2O2. The van der Waals surface area contributed by atoms with Crippen LogP contribution in [0.25, 0.3) is 0 Å². The minimum Gasteiger partial charge on any atom is -0.392 e. The summed E-state index contributed by atoms with van der Waals surface area (Å²) in [6.45, 7) is 7.27. The van der Waals surface area contributed by atoms with Gasteiger partial charge in [-0.1, -0.05) is 12.1 Å². The first-order valence-electron chi connectivity index (χ1n) is 6.82. The Morgan fingerprint density at radius 2 is 2.05 bits per heavy atom. The van der Waals surface area contributed by atoms with Gasteiger partial charge < -0.3 is 14.9 Å². The van der Waals surface area contributed by atoms with E-state index in [0.29, 0.717) is 0 Å². The fraction of sp³-hybridized carbons (Fsp3) is 0.533. The molecule has 0 radical (unpaired) electrons. The van der Waals surface area contributed by atoms with Crippen LogP contribution in [0.3, 0.4) is 0 Å². The fourth-order valence-corrected chi connectivity index (χ4v) is 2.64. The minimum atomic E-state index is 0.0826. The molecule has 0 spiro atoms. The molecule has 4 nitrogen and oxygen atoms in total. The standard InChI is InChI=1S/C15H22N2O2/c1-12-10-14(11-18)4-5-15(12)17-7-3-6-16(8-9-17)13(2)19/h4-5,10,18H,3,6-9,11H2,1-2H3. The van der Waals surface area contributed by atoms with Gasteiger partial charge in [0.2, 0.25) is 5.91 Å². The Hall–Kier alpha value is -1.55. The summed E-state index contributed by atoms with van der Waals surface area (Å²) in [6.07, 6.45) is 1.00. The van der Waals surface area contributed by atoms with E-state index in [1.807, 2.05) is 17.0 Å². The number of hydrogen-bond acceptors (Lipinski definition) is 3. The van der Waals surface area contributed by atoms with Crippen LogP contribution >= 0.6 is 0 Å². The van der Waals surface area contributed by atoms with Crippen molar-refractivity contribution < 1.29 is 9.90 Å². The Bertz CT molecular complexity index is 459. The largest absolute Gasteiger partial charge is 0.392 e. The van der Waals surface area contributed by atoms with E-state index in [2.05, 4.69) is 17.9 Å². The minimum absolute atomic E-state index is 0.0826. The van der Waals surface area contributed by atoms with Gasteiger partial charge in [-0.25, -0.2) is 0 Å². The monoisotopic (exact) mass is 262 g/mol. The first kappa shape index (κ1) is 13.9. The SMILES string of the molecule is CC(=O)N1CCCN(c2ccc(CO)cc2C)CC1. The Morgan fingerprint density at radius 1 is 1.26 bits per heavy atom. The van der Waals surface area contributed by atoms with Crippen LogP contribution in [0.2, 0.25) is 0 Å². The van der Waals surface area contributed by atoms with Gasteiger partial charge in [0.1, 0.15) is 0 Å². The van der Waals surface area contributed by atoms with Crippen LogP contribution in [0, 0.1) is 6.92 Å². The second-order valence-electron chi connectivity index (χ2n) is 5.13. The van der Waals surface area contributed by atoms with Crippen LogP contribution in [0.4, 0.5) is 5.69 Å². The van der Waals surface area contributed by atoms with Crippen molar-refractivity contribution in [1.82, 2.24) is 4.90 Å². The highest BCUT2D eigenvalue weighted by Gasteiger charge is 2.17. The van der Waals surface area contributed by atoms with Crippen molar-refractivity contribution in [2.24, 2.45) is 0 Å². The molecule has 1 aromatic carbocycles. The van der Waals surface area contributed by atoms with Crippen molar-refractivity contribution in [3.05, 3.63) is 29.3 Å².